The molecule has 0 fully saturated rings. The van der Waals surface area contributed by atoms with Crippen molar-refractivity contribution in [2.24, 2.45) is 5.92 Å². The molecular formula is C8H9NO4. The fourth-order valence-electron chi connectivity index (χ4n) is 1.48. The second-order valence-corrected chi connectivity index (χ2v) is 2.81. The second kappa shape index (κ2) is 3.38. The van der Waals surface area contributed by atoms with Crippen molar-refractivity contribution in [3.05, 3.63) is 11.1 Å². The number of carboxylic acids is 2. The Balaban J connectivity index is 3.11. The van der Waals surface area contributed by atoms with Crippen LogP contribution in [0.2, 0.25) is 0 Å². The maximum absolute atomic E-state index is 10.7. The Hall–Kier alpha value is -1.65. The quantitative estimate of drug-likeness (QED) is 0.555. The van der Waals surface area contributed by atoms with Crippen LogP contribution >= 0.6 is 0 Å². The minimum atomic E-state index is -1.23. The highest BCUT2D eigenvalue weighted by Gasteiger charge is 2.32. The third kappa shape index (κ3) is 1.58. The van der Waals surface area contributed by atoms with E-state index >= 15 is 0 Å². The molecule has 1 aliphatic carbocycles. The van der Waals surface area contributed by atoms with E-state index in [0.717, 1.165) is 6.21 Å². The molecule has 13 heavy (non-hydrogen) atoms. The number of hydrogen-bond donors (Lipinski definition) is 3. The van der Waals surface area contributed by atoms with Crippen molar-refractivity contribution in [2.75, 3.05) is 0 Å². The van der Waals surface area contributed by atoms with Gasteiger partial charge in [0, 0.05) is 17.7 Å². The molecule has 0 aromatic carbocycles. The normalized spacial score (nSPS) is 21.7. The van der Waals surface area contributed by atoms with Gasteiger partial charge in [0.25, 0.3) is 0 Å². The molecule has 1 rings (SSSR count). The van der Waals surface area contributed by atoms with Crippen molar-refractivity contribution in [1.82, 2.24) is 0 Å². The fraction of sp³-hybridized carbons (Fsp3) is 0.375. The SMILES string of the molecule is N=CC1CCC(C(=O)O)=C1C(=O)O. The Morgan fingerprint density at radius 1 is 1.38 bits per heavy atom. The lowest BCUT2D eigenvalue weighted by Gasteiger charge is -2.03. The van der Waals surface area contributed by atoms with Crippen molar-refractivity contribution in [3.8, 4) is 0 Å². The van der Waals surface area contributed by atoms with Crippen LogP contribution in [0.5, 0.6) is 0 Å². The minimum Gasteiger partial charge on any atom is -0.478 e. The van der Waals surface area contributed by atoms with Crippen LogP contribution in [0, 0.1) is 11.3 Å². The molecule has 1 unspecified atom stereocenters. The van der Waals surface area contributed by atoms with Gasteiger partial charge in [-0.2, -0.15) is 0 Å². The Bertz CT molecular complexity index is 305. The van der Waals surface area contributed by atoms with E-state index in [1.165, 1.54) is 0 Å². The Labute approximate surface area is 74.2 Å². The molecule has 0 aromatic rings. The van der Waals surface area contributed by atoms with Gasteiger partial charge in [0.2, 0.25) is 0 Å². The van der Waals surface area contributed by atoms with E-state index < -0.39 is 17.9 Å². The van der Waals surface area contributed by atoms with Gasteiger partial charge in [-0.25, -0.2) is 9.59 Å². The first-order valence-corrected chi connectivity index (χ1v) is 3.78. The zero-order valence-corrected chi connectivity index (χ0v) is 6.78. The van der Waals surface area contributed by atoms with E-state index in [1.54, 1.807) is 0 Å². The summed E-state index contributed by atoms with van der Waals surface area (Å²) in [5, 5.41) is 24.3. The Morgan fingerprint density at radius 2 is 2.00 bits per heavy atom. The average molecular weight is 183 g/mol. The van der Waals surface area contributed by atoms with Gasteiger partial charge in [0.1, 0.15) is 0 Å². The molecule has 0 bridgehead atoms. The molecule has 1 aliphatic rings. The van der Waals surface area contributed by atoms with Gasteiger partial charge in [-0.1, -0.05) is 0 Å². The van der Waals surface area contributed by atoms with Gasteiger partial charge >= 0.3 is 11.9 Å². The van der Waals surface area contributed by atoms with Crippen LogP contribution in [0.15, 0.2) is 11.1 Å². The summed E-state index contributed by atoms with van der Waals surface area (Å²) >= 11 is 0. The van der Waals surface area contributed by atoms with Crippen molar-refractivity contribution in [1.29, 1.82) is 5.41 Å². The summed E-state index contributed by atoms with van der Waals surface area (Å²) in [6.07, 6.45) is 1.63. The van der Waals surface area contributed by atoms with E-state index in [4.69, 9.17) is 15.6 Å². The molecule has 0 saturated heterocycles. The lowest BCUT2D eigenvalue weighted by atomic mass is 10.0. The van der Waals surface area contributed by atoms with Gasteiger partial charge in [0.05, 0.1) is 5.57 Å². The molecule has 0 heterocycles. The predicted octanol–water partition coefficient (Wildman–Crippen LogP) is 0.512. The summed E-state index contributed by atoms with van der Waals surface area (Å²) in [6, 6.07) is 0. The predicted molar refractivity (Wildman–Crippen MR) is 43.8 cm³/mol. The molecule has 0 aromatic heterocycles. The number of carboxylic acid groups (broad SMARTS) is 2. The number of nitrogens with one attached hydrogen (secondary N) is 1. The van der Waals surface area contributed by atoms with Crippen LogP contribution in [0.3, 0.4) is 0 Å². The third-order valence-electron chi connectivity index (χ3n) is 2.09. The van der Waals surface area contributed by atoms with Crippen LogP contribution in [-0.4, -0.2) is 28.4 Å². The number of rotatable bonds is 3. The largest absolute Gasteiger partial charge is 0.478 e. The molecule has 0 aliphatic heterocycles. The van der Waals surface area contributed by atoms with Crippen molar-refractivity contribution >= 4 is 18.2 Å². The molecule has 70 valence electrons. The molecule has 3 N–H and O–H groups in total. The maximum atomic E-state index is 10.7. The zero-order valence-electron chi connectivity index (χ0n) is 6.78. The second-order valence-electron chi connectivity index (χ2n) is 2.81. The highest BCUT2D eigenvalue weighted by molar-refractivity contribution is 6.02. The molecule has 0 radical (unpaired) electrons. The van der Waals surface area contributed by atoms with Gasteiger partial charge in [-0.15, -0.1) is 0 Å². The van der Waals surface area contributed by atoms with Crippen molar-refractivity contribution in [2.45, 2.75) is 12.8 Å². The summed E-state index contributed by atoms with van der Waals surface area (Å²) < 4.78 is 0. The van der Waals surface area contributed by atoms with Crippen molar-refractivity contribution < 1.29 is 19.8 Å². The smallest absolute Gasteiger partial charge is 0.332 e. The first-order chi connectivity index (χ1) is 6.07. The van der Waals surface area contributed by atoms with E-state index in [1.807, 2.05) is 0 Å². The standard InChI is InChI=1S/C8H9NO4/c9-3-4-1-2-5(7(10)11)6(4)8(12)13/h3-4,9H,1-2H2,(H,10,11)(H,12,13). The van der Waals surface area contributed by atoms with Gasteiger partial charge < -0.3 is 15.6 Å². The zero-order chi connectivity index (χ0) is 10.0. The van der Waals surface area contributed by atoms with E-state index in [0.29, 0.717) is 6.42 Å². The highest BCUT2D eigenvalue weighted by Crippen LogP contribution is 2.30. The minimum absolute atomic E-state index is 0.0685. The van der Waals surface area contributed by atoms with Crippen LogP contribution in [0.25, 0.3) is 0 Å². The first-order valence-electron chi connectivity index (χ1n) is 3.78. The summed E-state index contributed by atoms with van der Waals surface area (Å²) in [6.45, 7) is 0. The summed E-state index contributed by atoms with van der Waals surface area (Å²) in [5.74, 6) is -2.96. The average Bonchev–Trinajstić information content (AvgIpc) is 2.46. The summed E-state index contributed by atoms with van der Waals surface area (Å²) in [4.78, 5) is 21.2. The fourth-order valence-corrected chi connectivity index (χ4v) is 1.48. The molecule has 0 saturated carbocycles. The van der Waals surface area contributed by atoms with E-state index in [9.17, 15) is 9.59 Å². The van der Waals surface area contributed by atoms with Crippen LogP contribution < -0.4 is 0 Å². The summed E-state index contributed by atoms with van der Waals surface area (Å²) in [7, 11) is 0. The van der Waals surface area contributed by atoms with E-state index in [2.05, 4.69) is 0 Å². The van der Waals surface area contributed by atoms with E-state index in [-0.39, 0.29) is 17.6 Å². The molecular weight excluding hydrogens is 174 g/mol. The lowest BCUT2D eigenvalue weighted by Crippen LogP contribution is -2.12. The molecule has 5 heteroatoms. The third-order valence-corrected chi connectivity index (χ3v) is 2.09. The van der Waals surface area contributed by atoms with Crippen LogP contribution in [0.1, 0.15) is 12.8 Å². The van der Waals surface area contributed by atoms with Crippen molar-refractivity contribution in [3.63, 3.8) is 0 Å². The first kappa shape index (κ1) is 9.44. The molecule has 5 nitrogen and oxygen atoms in total. The monoisotopic (exact) mass is 183 g/mol. The number of carbonyl (C=O) groups is 2. The van der Waals surface area contributed by atoms with Gasteiger partial charge in [-0.3, -0.25) is 0 Å². The van der Waals surface area contributed by atoms with Gasteiger partial charge in [-0.05, 0) is 12.8 Å². The topological polar surface area (TPSA) is 98.5 Å². The summed E-state index contributed by atoms with van der Waals surface area (Å²) in [5.41, 5.74) is -0.205. The maximum Gasteiger partial charge on any atom is 0.332 e. The van der Waals surface area contributed by atoms with Crippen LogP contribution in [0.4, 0.5) is 0 Å². The van der Waals surface area contributed by atoms with Crippen LogP contribution in [-0.2, 0) is 9.59 Å². The molecule has 1 atom stereocenters. The van der Waals surface area contributed by atoms with Gasteiger partial charge in [0.15, 0.2) is 0 Å². The lowest BCUT2D eigenvalue weighted by molar-refractivity contribution is -0.135. The highest BCUT2D eigenvalue weighted by atomic mass is 16.4. The molecule has 0 spiro atoms. The molecule has 0 amide bonds. The number of aliphatic carboxylic acids is 2. The number of hydrogen-bond acceptors (Lipinski definition) is 3. The Kier molecular flexibility index (Phi) is 2.46. The Morgan fingerprint density at radius 3 is 2.38 bits per heavy atom.